The van der Waals surface area contributed by atoms with E-state index in [2.05, 4.69) is 27.1 Å². The van der Waals surface area contributed by atoms with Gasteiger partial charge in [0.05, 0.1) is 6.61 Å². The van der Waals surface area contributed by atoms with Crippen LogP contribution in [0.15, 0.2) is 45.1 Å². The summed E-state index contributed by atoms with van der Waals surface area (Å²) < 4.78 is 7.44. The monoisotopic (exact) mass is 387 g/mol. The van der Waals surface area contributed by atoms with Crippen LogP contribution in [0, 0.1) is 0 Å². The second-order valence-corrected chi connectivity index (χ2v) is 6.86. The lowest BCUT2D eigenvalue weighted by atomic mass is 10.2. The van der Waals surface area contributed by atoms with Gasteiger partial charge in [-0.15, -0.1) is 10.2 Å². The molecule has 0 bridgehead atoms. The van der Waals surface area contributed by atoms with E-state index in [1.807, 2.05) is 35.8 Å². The third kappa shape index (κ3) is 4.68. The molecule has 0 aliphatic carbocycles. The molecule has 142 valence electrons. The number of nitrogens with one attached hydrogen (secondary N) is 2. The molecular formula is C18H21N5O3S. The SMILES string of the molecule is CCCSc1nnc(Cc2cc(=O)[nH]c(=O)[nH]2)n1-c1ccc(OCC)cc1. The summed E-state index contributed by atoms with van der Waals surface area (Å²) >= 11 is 1.61. The molecular weight excluding hydrogens is 366 g/mol. The summed E-state index contributed by atoms with van der Waals surface area (Å²) in [6.45, 7) is 4.64. The van der Waals surface area contributed by atoms with Crippen LogP contribution in [-0.4, -0.2) is 37.1 Å². The maximum absolute atomic E-state index is 11.6. The Labute approximate surface area is 160 Å². The Kier molecular flexibility index (Phi) is 6.12. The number of aromatic nitrogens is 5. The Balaban J connectivity index is 1.99. The minimum absolute atomic E-state index is 0.284. The standard InChI is InChI=1S/C18H21N5O3S/c1-3-9-27-18-22-21-15(10-12-11-16(24)20-17(25)19-12)23(18)13-5-7-14(8-6-13)26-4-2/h5-8,11H,3-4,9-10H2,1-2H3,(H2,19,20,24,25). The highest BCUT2D eigenvalue weighted by atomic mass is 32.2. The van der Waals surface area contributed by atoms with E-state index in [1.54, 1.807) is 11.8 Å². The average Bonchev–Trinajstić information content (AvgIpc) is 3.02. The molecule has 0 atom stereocenters. The van der Waals surface area contributed by atoms with Crippen molar-refractivity contribution in [1.29, 1.82) is 0 Å². The number of aromatic amines is 2. The smallest absolute Gasteiger partial charge is 0.325 e. The molecule has 0 radical (unpaired) electrons. The minimum atomic E-state index is -0.537. The van der Waals surface area contributed by atoms with Gasteiger partial charge in [-0.1, -0.05) is 18.7 Å². The van der Waals surface area contributed by atoms with Gasteiger partial charge in [-0.05, 0) is 37.6 Å². The van der Waals surface area contributed by atoms with Crippen LogP contribution in [0.5, 0.6) is 5.75 Å². The molecule has 0 saturated heterocycles. The Bertz CT molecular complexity index is 979. The van der Waals surface area contributed by atoms with Crippen LogP contribution in [0.1, 0.15) is 31.8 Å². The number of rotatable bonds is 8. The van der Waals surface area contributed by atoms with Gasteiger partial charge in [0.1, 0.15) is 11.6 Å². The normalized spacial score (nSPS) is 10.9. The van der Waals surface area contributed by atoms with Gasteiger partial charge in [-0.25, -0.2) is 4.79 Å². The first-order valence-corrected chi connectivity index (χ1v) is 9.72. The van der Waals surface area contributed by atoms with Crippen molar-refractivity contribution >= 4 is 11.8 Å². The molecule has 3 rings (SSSR count). The van der Waals surface area contributed by atoms with Crippen LogP contribution in [-0.2, 0) is 6.42 Å². The van der Waals surface area contributed by atoms with Crippen molar-refractivity contribution < 1.29 is 4.74 Å². The predicted octanol–water partition coefficient (Wildman–Crippen LogP) is 2.14. The number of thioether (sulfide) groups is 1. The Morgan fingerprint density at radius 3 is 2.56 bits per heavy atom. The van der Waals surface area contributed by atoms with Crippen molar-refractivity contribution in [3.8, 4) is 11.4 Å². The number of hydrogen-bond acceptors (Lipinski definition) is 6. The largest absolute Gasteiger partial charge is 0.494 e. The Morgan fingerprint density at radius 2 is 1.89 bits per heavy atom. The minimum Gasteiger partial charge on any atom is -0.494 e. The first kappa shape index (κ1) is 19.0. The lowest BCUT2D eigenvalue weighted by molar-refractivity contribution is 0.340. The molecule has 0 aliphatic heterocycles. The quantitative estimate of drug-likeness (QED) is 0.574. The van der Waals surface area contributed by atoms with Crippen molar-refractivity contribution in [2.45, 2.75) is 31.8 Å². The maximum Gasteiger partial charge on any atom is 0.325 e. The topological polar surface area (TPSA) is 106 Å². The summed E-state index contributed by atoms with van der Waals surface area (Å²) in [5.74, 6) is 2.34. The van der Waals surface area contributed by atoms with E-state index in [-0.39, 0.29) is 6.42 Å². The molecule has 2 heterocycles. The molecule has 0 spiro atoms. The predicted molar refractivity (Wildman–Crippen MR) is 104 cm³/mol. The van der Waals surface area contributed by atoms with Crippen LogP contribution in [0.25, 0.3) is 5.69 Å². The first-order valence-electron chi connectivity index (χ1n) is 8.73. The van der Waals surface area contributed by atoms with E-state index in [4.69, 9.17) is 4.74 Å². The van der Waals surface area contributed by atoms with Gasteiger partial charge in [0.25, 0.3) is 5.56 Å². The molecule has 0 fully saturated rings. The van der Waals surface area contributed by atoms with E-state index in [1.165, 1.54) is 6.07 Å². The fourth-order valence-corrected chi connectivity index (χ4v) is 3.43. The van der Waals surface area contributed by atoms with Gasteiger partial charge in [-0.3, -0.25) is 14.3 Å². The van der Waals surface area contributed by atoms with Gasteiger partial charge >= 0.3 is 5.69 Å². The number of nitrogens with zero attached hydrogens (tertiary/aromatic N) is 3. The third-order valence-electron chi connectivity index (χ3n) is 3.71. The fraction of sp³-hybridized carbons (Fsp3) is 0.333. The molecule has 3 aromatic rings. The van der Waals surface area contributed by atoms with Crippen molar-refractivity contribution in [2.24, 2.45) is 0 Å². The van der Waals surface area contributed by atoms with Gasteiger partial charge in [0.2, 0.25) is 0 Å². The molecule has 9 heteroatoms. The third-order valence-corrected chi connectivity index (χ3v) is 4.84. The molecule has 0 aliphatic rings. The van der Waals surface area contributed by atoms with E-state index >= 15 is 0 Å². The summed E-state index contributed by atoms with van der Waals surface area (Å²) in [5.41, 5.74) is 0.395. The fourth-order valence-electron chi connectivity index (χ4n) is 2.60. The van der Waals surface area contributed by atoms with Crippen LogP contribution in [0.2, 0.25) is 0 Å². The molecule has 2 N–H and O–H groups in total. The molecule has 8 nitrogen and oxygen atoms in total. The average molecular weight is 387 g/mol. The van der Waals surface area contributed by atoms with Crippen molar-refractivity contribution in [3.63, 3.8) is 0 Å². The second kappa shape index (κ2) is 8.72. The van der Waals surface area contributed by atoms with Crippen molar-refractivity contribution in [3.05, 3.63) is 62.7 Å². The van der Waals surface area contributed by atoms with Gasteiger partial charge in [0, 0.05) is 29.6 Å². The van der Waals surface area contributed by atoms with Crippen molar-refractivity contribution in [1.82, 2.24) is 24.7 Å². The number of benzene rings is 1. The highest BCUT2D eigenvalue weighted by Crippen LogP contribution is 2.25. The molecule has 0 amide bonds. The highest BCUT2D eigenvalue weighted by molar-refractivity contribution is 7.99. The summed E-state index contributed by atoms with van der Waals surface area (Å²) in [6.07, 6.45) is 1.30. The van der Waals surface area contributed by atoms with Gasteiger partial charge in [-0.2, -0.15) is 0 Å². The zero-order valence-electron chi connectivity index (χ0n) is 15.2. The summed E-state index contributed by atoms with van der Waals surface area (Å²) in [7, 11) is 0. The van der Waals surface area contributed by atoms with Crippen molar-refractivity contribution in [2.75, 3.05) is 12.4 Å². The maximum atomic E-state index is 11.6. The lowest BCUT2D eigenvalue weighted by Gasteiger charge is -2.11. The van der Waals surface area contributed by atoms with E-state index < -0.39 is 11.2 Å². The van der Waals surface area contributed by atoms with Crippen LogP contribution in [0.4, 0.5) is 0 Å². The summed E-state index contributed by atoms with van der Waals surface area (Å²) in [4.78, 5) is 27.9. The van der Waals surface area contributed by atoms with Gasteiger partial charge in [0.15, 0.2) is 5.16 Å². The number of H-pyrrole nitrogens is 2. The van der Waals surface area contributed by atoms with E-state index in [0.29, 0.717) is 18.1 Å². The highest BCUT2D eigenvalue weighted by Gasteiger charge is 2.15. The summed E-state index contributed by atoms with van der Waals surface area (Å²) in [6, 6.07) is 9.03. The molecule has 27 heavy (non-hydrogen) atoms. The number of ether oxygens (including phenoxy) is 1. The number of hydrogen-bond donors (Lipinski definition) is 2. The second-order valence-electron chi connectivity index (χ2n) is 5.80. The Morgan fingerprint density at radius 1 is 1.11 bits per heavy atom. The van der Waals surface area contributed by atoms with Crippen LogP contribution >= 0.6 is 11.8 Å². The molecule has 1 aromatic carbocycles. The molecule has 0 unspecified atom stereocenters. The van der Waals surface area contributed by atoms with E-state index in [0.717, 1.165) is 28.8 Å². The Hall–Kier alpha value is -2.81. The summed E-state index contributed by atoms with van der Waals surface area (Å²) in [5, 5.41) is 9.35. The lowest BCUT2D eigenvalue weighted by Crippen LogP contribution is -2.23. The molecule has 0 saturated carbocycles. The zero-order valence-corrected chi connectivity index (χ0v) is 16.0. The van der Waals surface area contributed by atoms with Gasteiger partial charge < -0.3 is 9.72 Å². The van der Waals surface area contributed by atoms with E-state index in [9.17, 15) is 9.59 Å². The van der Waals surface area contributed by atoms with Crippen LogP contribution in [0.3, 0.4) is 0 Å². The first-order chi connectivity index (χ1) is 13.1. The molecule has 2 aromatic heterocycles. The zero-order chi connectivity index (χ0) is 19.2. The van der Waals surface area contributed by atoms with Crippen LogP contribution < -0.4 is 16.0 Å².